The van der Waals surface area contributed by atoms with Gasteiger partial charge in [0.2, 0.25) is 5.60 Å². The van der Waals surface area contributed by atoms with Crippen LogP contribution in [0.4, 0.5) is 23.9 Å². The van der Waals surface area contributed by atoms with Gasteiger partial charge in [-0.1, -0.05) is 19.3 Å². The first-order valence-electron chi connectivity index (χ1n) is 12.7. The van der Waals surface area contributed by atoms with E-state index >= 15 is 0 Å². The standard InChI is InChI=1S/C25H28F3N3O8S/c26-25(27,28)15-10-16-20(34)19(24(37,23(35)36)12-18(32)33)22(40-21(16)17(11-15)31(38)39)30-8-6-29(7-9-30)13-14-4-2-1-3-5-14/h10-11,14,37H,1-9,12-13H2,(H,32,33)(H,35,36)/t24-/m1/s1. The van der Waals surface area contributed by atoms with Crippen molar-refractivity contribution in [3.05, 3.63) is 43.6 Å². The molecular weight excluding hydrogens is 559 g/mol. The molecule has 218 valence electrons. The summed E-state index contributed by atoms with van der Waals surface area (Å²) in [4.78, 5) is 51.8. The van der Waals surface area contributed by atoms with E-state index in [1.807, 2.05) is 0 Å². The minimum Gasteiger partial charge on any atom is -0.481 e. The number of alkyl halides is 3. The third-order valence-corrected chi connectivity index (χ3v) is 8.84. The number of piperazine rings is 1. The number of benzene rings is 1. The summed E-state index contributed by atoms with van der Waals surface area (Å²) in [5.74, 6) is -3.32. The first-order chi connectivity index (χ1) is 18.7. The normalized spacial score (nSPS) is 18.9. The van der Waals surface area contributed by atoms with Gasteiger partial charge in [0.05, 0.1) is 22.5 Å². The average Bonchev–Trinajstić information content (AvgIpc) is 2.88. The molecule has 2 aromatic rings. The van der Waals surface area contributed by atoms with Gasteiger partial charge in [0.15, 0.2) is 5.43 Å². The second-order valence-corrected chi connectivity index (χ2v) is 11.3. The van der Waals surface area contributed by atoms with Crippen LogP contribution < -0.4 is 10.3 Å². The number of halogens is 3. The highest BCUT2D eigenvalue weighted by atomic mass is 32.1. The molecule has 0 radical (unpaired) electrons. The van der Waals surface area contributed by atoms with E-state index in [1.165, 1.54) is 11.3 Å². The molecule has 1 saturated carbocycles. The molecule has 2 heterocycles. The summed E-state index contributed by atoms with van der Waals surface area (Å²) in [5.41, 5.74) is -8.15. The van der Waals surface area contributed by atoms with Crippen LogP contribution in [0.5, 0.6) is 0 Å². The third-order valence-electron chi connectivity index (χ3n) is 7.55. The van der Waals surface area contributed by atoms with Crippen LogP contribution >= 0.6 is 11.3 Å². The average molecular weight is 588 g/mol. The highest BCUT2D eigenvalue weighted by Gasteiger charge is 2.47. The zero-order valence-electron chi connectivity index (χ0n) is 21.3. The van der Waals surface area contributed by atoms with Gasteiger partial charge in [-0.15, -0.1) is 11.3 Å². The minimum atomic E-state index is -5.08. The highest BCUT2D eigenvalue weighted by molar-refractivity contribution is 7.22. The minimum absolute atomic E-state index is 0.219. The summed E-state index contributed by atoms with van der Waals surface area (Å²) >= 11 is 0.499. The van der Waals surface area contributed by atoms with Gasteiger partial charge >= 0.3 is 18.1 Å². The topological polar surface area (TPSA) is 162 Å². The fraction of sp³-hybridized carbons (Fsp3) is 0.560. The molecule has 1 aromatic carbocycles. The number of fused-ring (bicyclic) bond motifs is 1. The van der Waals surface area contributed by atoms with Gasteiger partial charge in [0, 0.05) is 44.2 Å². The van der Waals surface area contributed by atoms with Crippen LogP contribution in [-0.4, -0.2) is 69.8 Å². The Morgan fingerprint density at radius 3 is 2.23 bits per heavy atom. The maximum atomic E-state index is 13.7. The monoisotopic (exact) mass is 587 g/mol. The number of nitro benzene ring substituents is 1. The van der Waals surface area contributed by atoms with Crippen LogP contribution in [0, 0.1) is 16.0 Å². The molecule has 1 aliphatic heterocycles. The van der Waals surface area contributed by atoms with Crippen LogP contribution in [0.15, 0.2) is 16.9 Å². The predicted octanol–water partition coefficient (Wildman–Crippen LogP) is 3.64. The fourth-order valence-corrected chi connectivity index (χ4v) is 6.88. The second kappa shape index (κ2) is 11.3. The van der Waals surface area contributed by atoms with Crippen molar-refractivity contribution in [1.29, 1.82) is 0 Å². The lowest BCUT2D eigenvalue weighted by atomic mass is 9.88. The Labute approximate surface area is 229 Å². The molecule has 2 fully saturated rings. The number of carboxylic acid groups (broad SMARTS) is 2. The Bertz CT molecular complexity index is 1380. The Hall–Kier alpha value is -3.30. The first-order valence-corrected chi connectivity index (χ1v) is 13.6. The van der Waals surface area contributed by atoms with Gasteiger partial charge in [-0.2, -0.15) is 13.2 Å². The quantitative estimate of drug-likeness (QED) is 0.307. The highest BCUT2D eigenvalue weighted by Crippen LogP contribution is 2.43. The Balaban J connectivity index is 1.87. The van der Waals surface area contributed by atoms with E-state index < -0.39 is 67.4 Å². The molecule has 0 unspecified atom stereocenters. The summed E-state index contributed by atoms with van der Waals surface area (Å²) in [5, 5.41) is 41.0. The third kappa shape index (κ3) is 5.90. The number of hydrogen-bond acceptors (Lipinski definition) is 9. The number of aliphatic carboxylic acids is 2. The van der Waals surface area contributed by atoms with Crippen molar-refractivity contribution < 1.29 is 43.0 Å². The van der Waals surface area contributed by atoms with Crippen molar-refractivity contribution in [3.63, 3.8) is 0 Å². The molecule has 0 bridgehead atoms. The lowest BCUT2D eigenvalue weighted by Gasteiger charge is -2.39. The number of carbonyl (C=O) groups is 2. The van der Waals surface area contributed by atoms with Crippen LogP contribution in [-0.2, 0) is 21.4 Å². The maximum absolute atomic E-state index is 13.7. The molecule has 11 nitrogen and oxygen atoms in total. The lowest BCUT2D eigenvalue weighted by molar-refractivity contribution is -0.383. The van der Waals surface area contributed by atoms with E-state index in [0.29, 0.717) is 42.5 Å². The lowest BCUT2D eigenvalue weighted by Crippen LogP contribution is -2.50. The Kier molecular flexibility index (Phi) is 8.38. The van der Waals surface area contributed by atoms with E-state index in [-0.39, 0.29) is 18.1 Å². The second-order valence-electron chi connectivity index (χ2n) is 10.3. The predicted molar refractivity (Wildman–Crippen MR) is 139 cm³/mol. The van der Waals surface area contributed by atoms with Gasteiger partial charge in [0.25, 0.3) is 5.69 Å². The molecule has 2 aliphatic rings. The Morgan fingerprint density at radius 2 is 1.70 bits per heavy atom. The summed E-state index contributed by atoms with van der Waals surface area (Å²) in [7, 11) is 0. The largest absolute Gasteiger partial charge is 0.481 e. The number of hydrogen-bond donors (Lipinski definition) is 3. The van der Waals surface area contributed by atoms with Crippen LogP contribution in [0.1, 0.15) is 49.7 Å². The first kappa shape index (κ1) is 29.7. The van der Waals surface area contributed by atoms with E-state index in [9.17, 15) is 53.0 Å². The molecule has 15 heteroatoms. The van der Waals surface area contributed by atoms with Gasteiger partial charge in [0.1, 0.15) is 9.70 Å². The van der Waals surface area contributed by atoms with E-state index in [0.717, 1.165) is 32.2 Å². The number of nitro groups is 1. The molecule has 0 amide bonds. The van der Waals surface area contributed by atoms with Crippen molar-refractivity contribution in [2.45, 2.75) is 50.3 Å². The van der Waals surface area contributed by atoms with Crippen molar-refractivity contribution in [2.75, 3.05) is 37.6 Å². The van der Waals surface area contributed by atoms with Crippen molar-refractivity contribution in [2.24, 2.45) is 5.92 Å². The molecule has 1 atom stereocenters. The number of carboxylic acids is 2. The maximum Gasteiger partial charge on any atom is 0.416 e. The summed E-state index contributed by atoms with van der Waals surface area (Å²) in [6, 6.07) is 0.657. The zero-order chi connectivity index (χ0) is 29.4. The van der Waals surface area contributed by atoms with Gasteiger partial charge < -0.3 is 20.2 Å². The van der Waals surface area contributed by atoms with Gasteiger partial charge in [-0.05, 0) is 24.8 Å². The van der Waals surface area contributed by atoms with E-state index in [4.69, 9.17) is 0 Å². The fourth-order valence-electron chi connectivity index (χ4n) is 5.51. The van der Waals surface area contributed by atoms with Crippen molar-refractivity contribution >= 4 is 44.1 Å². The van der Waals surface area contributed by atoms with Gasteiger partial charge in [-0.25, -0.2) is 4.79 Å². The molecule has 3 N–H and O–H groups in total. The van der Waals surface area contributed by atoms with Crippen molar-refractivity contribution in [3.8, 4) is 0 Å². The molecule has 40 heavy (non-hydrogen) atoms. The van der Waals surface area contributed by atoms with Crippen LogP contribution in [0.25, 0.3) is 10.1 Å². The van der Waals surface area contributed by atoms with E-state index in [2.05, 4.69) is 4.90 Å². The molecule has 1 aliphatic carbocycles. The number of aliphatic hydroxyl groups is 1. The molecule has 1 saturated heterocycles. The summed E-state index contributed by atoms with van der Waals surface area (Å²) in [6.45, 7) is 2.25. The summed E-state index contributed by atoms with van der Waals surface area (Å²) in [6.07, 6.45) is -0.787. The molecule has 0 spiro atoms. The summed E-state index contributed by atoms with van der Waals surface area (Å²) < 4.78 is 40.2. The SMILES string of the molecule is O=C(O)C[C@](O)(C(=O)O)c1c(N2CCN(CC3CCCCC3)CC2)sc2c([N+](=O)[O-])cc(C(F)(F)F)cc2c1=O. The van der Waals surface area contributed by atoms with Crippen LogP contribution in [0.3, 0.4) is 0 Å². The number of anilines is 1. The molecular formula is C25H28F3N3O8S. The van der Waals surface area contributed by atoms with Gasteiger partial charge in [-0.3, -0.25) is 24.6 Å². The number of nitrogens with zero attached hydrogens (tertiary/aromatic N) is 3. The number of rotatable bonds is 8. The van der Waals surface area contributed by atoms with Crippen LogP contribution in [0.2, 0.25) is 0 Å². The smallest absolute Gasteiger partial charge is 0.416 e. The molecule has 4 rings (SSSR count). The number of non-ortho nitro benzene ring substituents is 1. The van der Waals surface area contributed by atoms with Crippen molar-refractivity contribution in [1.82, 2.24) is 4.90 Å². The Morgan fingerprint density at radius 1 is 1.07 bits per heavy atom. The zero-order valence-corrected chi connectivity index (χ0v) is 22.1. The van der Waals surface area contributed by atoms with E-state index in [1.54, 1.807) is 0 Å². The molecule has 1 aromatic heterocycles.